The van der Waals surface area contributed by atoms with Gasteiger partial charge in [-0.05, 0) is 5.92 Å². The van der Waals surface area contributed by atoms with Gasteiger partial charge in [0.05, 0.1) is 0 Å². The van der Waals surface area contributed by atoms with E-state index in [0.717, 1.165) is 4.57 Å². The maximum atomic E-state index is 12.0. The third-order valence-corrected chi connectivity index (χ3v) is 3.48. The van der Waals surface area contributed by atoms with Crippen molar-refractivity contribution in [3.05, 3.63) is 20.8 Å². The molecule has 0 aliphatic carbocycles. The number of H-pyrrole nitrogens is 1. The number of nitrogens with one attached hydrogen (secondary N) is 2. The summed E-state index contributed by atoms with van der Waals surface area (Å²) >= 11 is 0. The number of aryl methyl sites for hydroxylation is 1. The van der Waals surface area contributed by atoms with Crippen LogP contribution >= 0.6 is 0 Å². The van der Waals surface area contributed by atoms with Gasteiger partial charge in [-0.25, -0.2) is 4.79 Å². The summed E-state index contributed by atoms with van der Waals surface area (Å²) < 4.78 is 2.39. The van der Waals surface area contributed by atoms with Crippen molar-refractivity contribution in [2.45, 2.75) is 19.9 Å². The van der Waals surface area contributed by atoms with Gasteiger partial charge in [0.15, 0.2) is 11.2 Å². The SMILES string of the molecule is CC(C)C(CN)Nc1nc2c([nH]1)c(=O)n(C)c(=O)n2C. The predicted octanol–water partition coefficient (Wildman–Crippen LogP) is -0.644. The molecule has 2 rings (SSSR count). The molecule has 8 nitrogen and oxygen atoms in total. The van der Waals surface area contributed by atoms with E-state index in [1.54, 1.807) is 7.05 Å². The summed E-state index contributed by atoms with van der Waals surface area (Å²) in [6.07, 6.45) is 0. The Morgan fingerprint density at radius 1 is 1.30 bits per heavy atom. The van der Waals surface area contributed by atoms with Crippen LogP contribution in [0.15, 0.2) is 9.59 Å². The third-order valence-electron chi connectivity index (χ3n) is 3.48. The zero-order chi connectivity index (χ0) is 15.0. The minimum Gasteiger partial charge on any atom is -0.351 e. The second-order valence-electron chi connectivity index (χ2n) is 5.22. The molecule has 0 aliphatic heterocycles. The molecule has 0 aliphatic rings. The minimum atomic E-state index is -0.403. The van der Waals surface area contributed by atoms with Gasteiger partial charge >= 0.3 is 5.69 Å². The van der Waals surface area contributed by atoms with Gasteiger partial charge < -0.3 is 16.0 Å². The average molecular weight is 280 g/mol. The molecule has 0 radical (unpaired) electrons. The number of imidazole rings is 1. The fourth-order valence-corrected chi connectivity index (χ4v) is 2.07. The lowest BCUT2D eigenvalue weighted by atomic mass is 10.1. The van der Waals surface area contributed by atoms with Gasteiger partial charge in [0.25, 0.3) is 5.56 Å². The lowest BCUT2D eigenvalue weighted by Gasteiger charge is -2.19. The summed E-state index contributed by atoms with van der Waals surface area (Å²) in [4.78, 5) is 31.1. The Labute approximate surface area is 115 Å². The number of anilines is 1. The van der Waals surface area contributed by atoms with Crippen LogP contribution in [0.3, 0.4) is 0 Å². The molecule has 0 saturated carbocycles. The van der Waals surface area contributed by atoms with Gasteiger partial charge in [0.1, 0.15) is 0 Å². The van der Waals surface area contributed by atoms with Crippen LogP contribution < -0.4 is 22.3 Å². The topological polar surface area (TPSA) is 111 Å². The van der Waals surface area contributed by atoms with E-state index in [2.05, 4.69) is 15.3 Å². The van der Waals surface area contributed by atoms with E-state index in [4.69, 9.17) is 5.73 Å². The largest absolute Gasteiger partial charge is 0.351 e. The summed E-state index contributed by atoms with van der Waals surface area (Å²) in [6.45, 7) is 4.54. The molecule has 8 heteroatoms. The van der Waals surface area contributed by atoms with Gasteiger partial charge in [-0.15, -0.1) is 0 Å². The maximum Gasteiger partial charge on any atom is 0.332 e. The third kappa shape index (κ3) is 2.22. The molecule has 0 spiro atoms. The van der Waals surface area contributed by atoms with Crippen molar-refractivity contribution < 1.29 is 0 Å². The minimum absolute atomic E-state index is 0.0384. The maximum absolute atomic E-state index is 12.0. The Balaban J connectivity index is 2.55. The van der Waals surface area contributed by atoms with Crippen LogP contribution in [0.4, 0.5) is 5.95 Å². The normalized spacial score (nSPS) is 13.1. The fraction of sp³-hybridized carbons (Fsp3) is 0.583. The Morgan fingerprint density at radius 2 is 1.95 bits per heavy atom. The standard InChI is InChI=1S/C12H20N6O2/c1-6(2)7(5-13)14-11-15-8-9(16-11)17(3)12(20)18(4)10(8)19/h6-7H,5,13H2,1-4H3,(H2,14,15,16). The van der Waals surface area contributed by atoms with E-state index in [1.165, 1.54) is 11.6 Å². The quantitative estimate of drug-likeness (QED) is 0.689. The highest BCUT2D eigenvalue weighted by molar-refractivity contribution is 5.72. The second-order valence-corrected chi connectivity index (χ2v) is 5.22. The van der Waals surface area contributed by atoms with Crippen LogP contribution in [-0.2, 0) is 14.1 Å². The second kappa shape index (κ2) is 5.12. The first-order valence-electron chi connectivity index (χ1n) is 6.49. The fourth-order valence-electron chi connectivity index (χ4n) is 2.07. The van der Waals surface area contributed by atoms with Crippen LogP contribution in [-0.4, -0.2) is 31.7 Å². The number of fused-ring (bicyclic) bond motifs is 1. The highest BCUT2D eigenvalue weighted by atomic mass is 16.2. The lowest BCUT2D eigenvalue weighted by Crippen LogP contribution is -2.36. The van der Waals surface area contributed by atoms with Crippen molar-refractivity contribution in [1.82, 2.24) is 19.1 Å². The number of aromatic nitrogens is 4. The van der Waals surface area contributed by atoms with Crippen LogP contribution in [0, 0.1) is 5.92 Å². The van der Waals surface area contributed by atoms with Crippen molar-refractivity contribution in [3.63, 3.8) is 0 Å². The Kier molecular flexibility index (Phi) is 3.67. The van der Waals surface area contributed by atoms with Gasteiger partial charge in [0, 0.05) is 26.7 Å². The van der Waals surface area contributed by atoms with Gasteiger partial charge in [-0.1, -0.05) is 13.8 Å². The lowest BCUT2D eigenvalue weighted by molar-refractivity contribution is 0.529. The zero-order valence-electron chi connectivity index (χ0n) is 12.1. The van der Waals surface area contributed by atoms with Crippen molar-refractivity contribution in [2.75, 3.05) is 11.9 Å². The van der Waals surface area contributed by atoms with E-state index in [1.807, 2.05) is 13.8 Å². The van der Waals surface area contributed by atoms with Crippen molar-refractivity contribution >= 4 is 17.1 Å². The van der Waals surface area contributed by atoms with E-state index >= 15 is 0 Å². The molecule has 1 unspecified atom stereocenters. The molecular weight excluding hydrogens is 260 g/mol. The smallest absolute Gasteiger partial charge is 0.332 e. The first-order chi connectivity index (χ1) is 9.36. The molecule has 110 valence electrons. The van der Waals surface area contributed by atoms with Crippen LogP contribution in [0.1, 0.15) is 13.8 Å². The van der Waals surface area contributed by atoms with E-state index in [-0.39, 0.29) is 6.04 Å². The summed E-state index contributed by atoms with van der Waals surface area (Å²) in [5, 5.41) is 3.16. The number of rotatable bonds is 4. The number of nitrogens with two attached hydrogens (primary N) is 1. The Hall–Kier alpha value is -2.09. The summed E-state index contributed by atoms with van der Waals surface area (Å²) in [5.74, 6) is 0.766. The average Bonchev–Trinajstić information content (AvgIpc) is 2.84. The molecule has 0 aromatic carbocycles. The molecule has 0 fully saturated rings. The summed E-state index contributed by atoms with van der Waals surface area (Å²) in [7, 11) is 3.02. The van der Waals surface area contributed by atoms with Crippen molar-refractivity contribution in [2.24, 2.45) is 25.7 Å². The monoisotopic (exact) mass is 280 g/mol. The predicted molar refractivity (Wildman–Crippen MR) is 77.9 cm³/mol. The molecule has 4 N–H and O–H groups in total. The number of hydrogen-bond donors (Lipinski definition) is 3. The number of nitrogens with zero attached hydrogens (tertiary/aromatic N) is 3. The van der Waals surface area contributed by atoms with Crippen molar-refractivity contribution in [1.29, 1.82) is 0 Å². The number of aromatic amines is 1. The highest BCUT2D eigenvalue weighted by Crippen LogP contribution is 2.12. The van der Waals surface area contributed by atoms with E-state index in [9.17, 15) is 9.59 Å². The number of hydrogen-bond acceptors (Lipinski definition) is 5. The highest BCUT2D eigenvalue weighted by Gasteiger charge is 2.16. The molecule has 2 heterocycles. The summed E-state index contributed by atoms with van der Waals surface area (Å²) in [6, 6.07) is 0.0384. The molecule has 2 aromatic heterocycles. The molecule has 1 atom stereocenters. The summed E-state index contributed by atoms with van der Waals surface area (Å²) in [5.41, 5.74) is 5.54. The first kappa shape index (κ1) is 14.3. The molecular formula is C12H20N6O2. The molecule has 0 saturated heterocycles. The van der Waals surface area contributed by atoms with Gasteiger partial charge in [-0.2, -0.15) is 4.98 Å². The van der Waals surface area contributed by atoms with Crippen LogP contribution in [0.5, 0.6) is 0 Å². The van der Waals surface area contributed by atoms with E-state index in [0.29, 0.717) is 29.6 Å². The van der Waals surface area contributed by atoms with Crippen LogP contribution in [0.25, 0.3) is 11.2 Å². The molecule has 20 heavy (non-hydrogen) atoms. The Morgan fingerprint density at radius 3 is 2.50 bits per heavy atom. The zero-order valence-corrected chi connectivity index (χ0v) is 12.1. The Bertz CT molecular complexity index is 739. The van der Waals surface area contributed by atoms with Crippen LogP contribution in [0.2, 0.25) is 0 Å². The van der Waals surface area contributed by atoms with Crippen molar-refractivity contribution in [3.8, 4) is 0 Å². The van der Waals surface area contributed by atoms with E-state index < -0.39 is 11.2 Å². The molecule has 2 aromatic rings. The molecule has 0 bridgehead atoms. The molecule has 0 amide bonds. The van der Waals surface area contributed by atoms with Gasteiger partial charge in [0.2, 0.25) is 5.95 Å². The first-order valence-corrected chi connectivity index (χ1v) is 6.49. The van der Waals surface area contributed by atoms with Gasteiger partial charge in [-0.3, -0.25) is 13.9 Å².